The first kappa shape index (κ1) is 14.0. The van der Waals surface area contributed by atoms with Crippen molar-refractivity contribution in [2.45, 2.75) is 45.6 Å². The molecular weight excluding hydrogens is 293 g/mol. The maximum absolute atomic E-state index is 13.3. The van der Waals surface area contributed by atoms with E-state index >= 15 is 0 Å². The van der Waals surface area contributed by atoms with Gasteiger partial charge in [-0.1, -0.05) is 29.8 Å². The number of hydrogen-bond acceptors (Lipinski definition) is 1. The van der Waals surface area contributed by atoms with Crippen molar-refractivity contribution >= 4 is 15.9 Å². The van der Waals surface area contributed by atoms with Gasteiger partial charge in [0.1, 0.15) is 5.82 Å². The largest absolute Gasteiger partial charge is 0.314 e. The van der Waals surface area contributed by atoms with Crippen LogP contribution in [0.25, 0.3) is 0 Å². The number of rotatable bonds is 6. The number of halogens is 2. The molecule has 0 amide bonds. The fourth-order valence-corrected chi connectivity index (χ4v) is 2.77. The van der Waals surface area contributed by atoms with Gasteiger partial charge in [-0.25, -0.2) is 4.39 Å². The molecule has 1 aromatic rings. The molecule has 0 atom stereocenters. The molecule has 0 unspecified atom stereocenters. The summed E-state index contributed by atoms with van der Waals surface area (Å²) in [5, 5.41) is 3.54. The van der Waals surface area contributed by atoms with Gasteiger partial charge in [-0.15, -0.1) is 0 Å². The van der Waals surface area contributed by atoms with E-state index in [0.29, 0.717) is 0 Å². The highest BCUT2D eigenvalue weighted by molar-refractivity contribution is 9.10. The second-order valence-electron chi connectivity index (χ2n) is 6.10. The second kappa shape index (κ2) is 5.70. The SMILES string of the molecule is CC(C)(CCNC1CC1)Cc1cc(F)cc(Br)c1. The van der Waals surface area contributed by atoms with E-state index in [4.69, 9.17) is 0 Å². The van der Waals surface area contributed by atoms with Gasteiger partial charge >= 0.3 is 0 Å². The topological polar surface area (TPSA) is 12.0 Å². The van der Waals surface area contributed by atoms with Crippen LogP contribution in [0.4, 0.5) is 4.39 Å². The lowest BCUT2D eigenvalue weighted by molar-refractivity contribution is 0.324. The fourth-order valence-electron chi connectivity index (χ4n) is 2.26. The molecule has 1 nitrogen and oxygen atoms in total. The highest BCUT2D eigenvalue weighted by Gasteiger charge is 2.23. The zero-order valence-corrected chi connectivity index (χ0v) is 12.7. The van der Waals surface area contributed by atoms with Gasteiger partial charge in [-0.3, -0.25) is 0 Å². The maximum Gasteiger partial charge on any atom is 0.124 e. The summed E-state index contributed by atoms with van der Waals surface area (Å²) < 4.78 is 14.2. The minimum Gasteiger partial charge on any atom is -0.314 e. The van der Waals surface area contributed by atoms with Crippen molar-refractivity contribution in [1.82, 2.24) is 5.32 Å². The summed E-state index contributed by atoms with van der Waals surface area (Å²) in [5.41, 5.74) is 1.27. The molecule has 0 bridgehead atoms. The third-order valence-electron chi connectivity index (χ3n) is 3.42. The standard InChI is InChI=1S/C15H21BrFN/c1-15(2,5-6-18-14-3-4-14)10-11-7-12(16)9-13(17)8-11/h7-9,14,18H,3-6,10H2,1-2H3. The van der Waals surface area contributed by atoms with E-state index in [1.807, 2.05) is 6.07 Å². The zero-order valence-electron chi connectivity index (χ0n) is 11.1. The van der Waals surface area contributed by atoms with Crippen molar-refractivity contribution in [3.8, 4) is 0 Å². The molecule has 1 aromatic carbocycles. The molecule has 1 aliphatic rings. The fraction of sp³-hybridized carbons (Fsp3) is 0.600. The number of benzene rings is 1. The number of hydrogen-bond donors (Lipinski definition) is 1. The van der Waals surface area contributed by atoms with Gasteiger partial charge in [0.05, 0.1) is 0 Å². The Labute approximate surface area is 117 Å². The molecule has 0 heterocycles. The van der Waals surface area contributed by atoms with Crippen LogP contribution in [-0.4, -0.2) is 12.6 Å². The molecule has 1 N–H and O–H groups in total. The van der Waals surface area contributed by atoms with E-state index in [0.717, 1.165) is 35.5 Å². The van der Waals surface area contributed by atoms with Gasteiger partial charge < -0.3 is 5.32 Å². The van der Waals surface area contributed by atoms with Crippen LogP contribution < -0.4 is 5.32 Å². The van der Waals surface area contributed by atoms with E-state index < -0.39 is 0 Å². The molecule has 1 fully saturated rings. The minimum absolute atomic E-state index is 0.161. The Bertz CT molecular complexity index is 393. The van der Waals surface area contributed by atoms with E-state index in [9.17, 15) is 4.39 Å². The monoisotopic (exact) mass is 313 g/mol. The van der Waals surface area contributed by atoms with E-state index in [1.165, 1.54) is 18.9 Å². The van der Waals surface area contributed by atoms with Gasteiger partial charge in [0, 0.05) is 10.5 Å². The van der Waals surface area contributed by atoms with Crippen molar-refractivity contribution in [3.05, 3.63) is 34.1 Å². The molecular formula is C15H21BrFN. The van der Waals surface area contributed by atoms with Crippen LogP contribution in [0.15, 0.2) is 22.7 Å². The molecule has 1 saturated carbocycles. The predicted octanol–water partition coefficient (Wildman–Crippen LogP) is 4.30. The Hall–Kier alpha value is -0.410. The average Bonchev–Trinajstić information content (AvgIpc) is 2.98. The Morgan fingerprint density at radius 3 is 2.67 bits per heavy atom. The lowest BCUT2D eigenvalue weighted by Gasteiger charge is -2.25. The van der Waals surface area contributed by atoms with Crippen molar-refractivity contribution < 1.29 is 4.39 Å². The quantitative estimate of drug-likeness (QED) is 0.825. The van der Waals surface area contributed by atoms with Crippen molar-refractivity contribution in [2.24, 2.45) is 5.41 Å². The summed E-state index contributed by atoms with van der Waals surface area (Å²) in [5.74, 6) is -0.161. The first-order chi connectivity index (χ1) is 8.44. The molecule has 0 saturated heterocycles. The molecule has 100 valence electrons. The van der Waals surface area contributed by atoms with Gasteiger partial charge in [0.15, 0.2) is 0 Å². The summed E-state index contributed by atoms with van der Waals surface area (Å²) in [4.78, 5) is 0. The summed E-state index contributed by atoms with van der Waals surface area (Å²) in [7, 11) is 0. The predicted molar refractivity (Wildman–Crippen MR) is 77.2 cm³/mol. The van der Waals surface area contributed by atoms with Crippen LogP contribution in [0.5, 0.6) is 0 Å². The molecule has 0 aliphatic heterocycles. The Morgan fingerprint density at radius 2 is 2.06 bits per heavy atom. The summed E-state index contributed by atoms with van der Waals surface area (Å²) >= 11 is 3.35. The van der Waals surface area contributed by atoms with Crippen molar-refractivity contribution in [1.29, 1.82) is 0 Å². The van der Waals surface area contributed by atoms with E-state index in [2.05, 4.69) is 35.1 Å². The van der Waals surface area contributed by atoms with E-state index in [-0.39, 0.29) is 11.2 Å². The lowest BCUT2D eigenvalue weighted by Crippen LogP contribution is -2.25. The molecule has 0 aromatic heterocycles. The third kappa shape index (κ3) is 4.69. The Morgan fingerprint density at radius 1 is 1.33 bits per heavy atom. The van der Waals surface area contributed by atoms with Crippen LogP contribution in [0, 0.1) is 11.2 Å². The summed E-state index contributed by atoms with van der Waals surface area (Å²) in [6, 6.07) is 5.93. The van der Waals surface area contributed by atoms with Gasteiger partial charge in [-0.05, 0) is 61.4 Å². The van der Waals surface area contributed by atoms with Crippen molar-refractivity contribution in [3.63, 3.8) is 0 Å². The van der Waals surface area contributed by atoms with Crippen LogP contribution >= 0.6 is 15.9 Å². The lowest BCUT2D eigenvalue weighted by atomic mass is 9.82. The number of nitrogens with one attached hydrogen (secondary N) is 1. The normalized spacial score (nSPS) is 16.0. The summed E-state index contributed by atoms with van der Waals surface area (Å²) in [6.45, 7) is 5.56. The Balaban J connectivity index is 1.88. The van der Waals surface area contributed by atoms with Crippen LogP contribution in [-0.2, 0) is 6.42 Å². The summed E-state index contributed by atoms with van der Waals surface area (Å²) in [6.07, 6.45) is 4.70. The van der Waals surface area contributed by atoms with Crippen LogP contribution in [0.2, 0.25) is 0 Å². The maximum atomic E-state index is 13.3. The molecule has 3 heteroatoms. The van der Waals surface area contributed by atoms with Crippen molar-refractivity contribution in [2.75, 3.05) is 6.54 Å². The smallest absolute Gasteiger partial charge is 0.124 e. The molecule has 0 spiro atoms. The van der Waals surface area contributed by atoms with Crippen LogP contribution in [0.1, 0.15) is 38.7 Å². The van der Waals surface area contributed by atoms with Gasteiger partial charge in [0.25, 0.3) is 0 Å². The van der Waals surface area contributed by atoms with Crippen LogP contribution in [0.3, 0.4) is 0 Å². The minimum atomic E-state index is -0.161. The average molecular weight is 314 g/mol. The Kier molecular flexibility index (Phi) is 4.44. The molecule has 18 heavy (non-hydrogen) atoms. The first-order valence-electron chi connectivity index (χ1n) is 6.63. The molecule has 0 radical (unpaired) electrons. The highest BCUT2D eigenvalue weighted by Crippen LogP contribution is 2.28. The highest BCUT2D eigenvalue weighted by atomic mass is 79.9. The van der Waals surface area contributed by atoms with E-state index in [1.54, 1.807) is 6.07 Å². The second-order valence-corrected chi connectivity index (χ2v) is 7.01. The molecule has 1 aliphatic carbocycles. The third-order valence-corrected chi connectivity index (χ3v) is 3.87. The molecule has 2 rings (SSSR count). The van der Waals surface area contributed by atoms with Gasteiger partial charge in [-0.2, -0.15) is 0 Å². The zero-order chi connectivity index (χ0) is 13.2. The van der Waals surface area contributed by atoms with Gasteiger partial charge in [0.2, 0.25) is 0 Å². The first-order valence-corrected chi connectivity index (χ1v) is 7.42.